The SMILES string of the molecule is Cc1nccn1-c1ncc(Br)cc1CN. The fourth-order valence-corrected chi connectivity index (χ4v) is 1.82. The third kappa shape index (κ3) is 1.93. The molecule has 2 aromatic rings. The maximum absolute atomic E-state index is 5.68. The van der Waals surface area contributed by atoms with Gasteiger partial charge in [0, 0.05) is 35.2 Å². The molecule has 0 unspecified atom stereocenters. The molecular weight excluding hydrogens is 256 g/mol. The minimum absolute atomic E-state index is 0.458. The number of imidazole rings is 1. The highest BCUT2D eigenvalue weighted by molar-refractivity contribution is 9.10. The van der Waals surface area contributed by atoms with E-state index in [4.69, 9.17) is 5.73 Å². The molecule has 0 amide bonds. The third-order valence-electron chi connectivity index (χ3n) is 2.18. The van der Waals surface area contributed by atoms with Gasteiger partial charge in [0.05, 0.1) is 0 Å². The maximum Gasteiger partial charge on any atom is 0.142 e. The monoisotopic (exact) mass is 266 g/mol. The zero-order chi connectivity index (χ0) is 10.8. The summed E-state index contributed by atoms with van der Waals surface area (Å²) in [6, 6.07) is 1.97. The van der Waals surface area contributed by atoms with Crippen molar-refractivity contribution in [1.82, 2.24) is 14.5 Å². The molecule has 2 N–H and O–H groups in total. The molecule has 15 heavy (non-hydrogen) atoms. The molecule has 5 heteroatoms. The zero-order valence-corrected chi connectivity index (χ0v) is 9.90. The van der Waals surface area contributed by atoms with Crippen molar-refractivity contribution in [3.05, 3.63) is 40.5 Å². The van der Waals surface area contributed by atoms with E-state index in [1.165, 1.54) is 0 Å². The highest BCUT2D eigenvalue weighted by Gasteiger charge is 2.07. The summed E-state index contributed by atoms with van der Waals surface area (Å²) in [5, 5.41) is 0. The first-order chi connectivity index (χ1) is 7.22. The number of nitrogens with two attached hydrogens (primary N) is 1. The normalized spacial score (nSPS) is 10.6. The fraction of sp³-hybridized carbons (Fsp3) is 0.200. The second-order valence-corrected chi connectivity index (χ2v) is 4.10. The van der Waals surface area contributed by atoms with E-state index in [2.05, 4.69) is 25.9 Å². The van der Waals surface area contributed by atoms with E-state index >= 15 is 0 Å². The van der Waals surface area contributed by atoms with Crippen LogP contribution in [0.1, 0.15) is 11.4 Å². The van der Waals surface area contributed by atoms with Gasteiger partial charge in [-0.05, 0) is 28.9 Å². The van der Waals surface area contributed by atoms with Gasteiger partial charge in [-0.25, -0.2) is 9.97 Å². The summed E-state index contributed by atoms with van der Waals surface area (Å²) in [7, 11) is 0. The number of hydrogen-bond donors (Lipinski definition) is 1. The van der Waals surface area contributed by atoms with Crippen molar-refractivity contribution in [2.24, 2.45) is 5.73 Å². The summed E-state index contributed by atoms with van der Waals surface area (Å²) in [6.07, 6.45) is 5.39. The number of halogens is 1. The van der Waals surface area contributed by atoms with E-state index in [-0.39, 0.29) is 0 Å². The van der Waals surface area contributed by atoms with Gasteiger partial charge in [0.25, 0.3) is 0 Å². The molecule has 0 fully saturated rings. The van der Waals surface area contributed by atoms with Crippen molar-refractivity contribution in [3.63, 3.8) is 0 Å². The summed E-state index contributed by atoms with van der Waals surface area (Å²) in [5.74, 6) is 1.75. The Bertz CT molecular complexity index is 478. The summed E-state index contributed by atoms with van der Waals surface area (Å²) in [4.78, 5) is 8.51. The lowest BCUT2D eigenvalue weighted by molar-refractivity contribution is 0.893. The van der Waals surface area contributed by atoms with Crippen LogP contribution in [-0.2, 0) is 6.54 Å². The van der Waals surface area contributed by atoms with Gasteiger partial charge < -0.3 is 5.73 Å². The first kappa shape index (κ1) is 10.3. The van der Waals surface area contributed by atoms with Gasteiger partial charge in [0.2, 0.25) is 0 Å². The van der Waals surface area contributed by atoms with E-state index in [1.54, 1.807) is 12.4 Å². The van der Waals surface area contributed by atoms with Crippen molar-refractivity contribution in [2.45, 2.75) is 13.5 Å². The highest BCUT2D eigenvalue weighted by Crippen LogP contribution is 2.17. The molecule has 2 heterocycles. The van der Waals surface area contributed by atoms with Crippen LogP contribution in [0.25, 0.3) is 5.82 Å². The number of nitrogens with zero attached hydrogens (tertiary/aromatic N) is 3. The molecule has 4 nitrogen and oxygen atoms in total. The molecule has 2 rings (SSSR count). The quantitative estimate of drug-likeness (QED) is 0.902. The average Bonchev–Trinajstić information content (AvgIpc) is 2.64. The van der Waals surface area contributed by atoms with Crippen LogP contribution in [0.15, 0.2) is 29.1 Å². The molecule has 0 aliphatic carbocycles. The molecule has 78 valence electrons. The Kier molecular flexibility index (Phi) is 2.83. The molecule has 0 aliphatic rings. The van der Waals surface area contributed by atoms with Gasteiger partial charge in [0.1, 0.15) is 11.6 Å². The zero-order valence-electron chi connectivity index (χ0n) is 8.31. The van der Waals surface area contributed by atoms with E-state index in [0.29, 0.717) is 6.54 Å². The third-order valence-corrected chi connectivity index (χ3v) is 2.62. The standard InChI is InChI=1S/C10H11BrN4/c1-7-13-2-3-15(7)10-8(5-12)4-9(11)6-14-10/h2-4,6H,5,12H2,1H3. The van der Waals surface area contributed by atoms with Crippen molar-refractivity contribution in [1.29, 1.82) is 0 Å². The van der Waals surface area contributed by atoms with E-state index in [1.807, 2.05) is 23.8 Å². The topological polar surface area (TPSA) is 56.7 Å². The lowest BCUT2D eigenvalue weighted by Gasteiger charge is -2.09. The number of rotatable bonds is 2. The van der Waals surface area contributed by atoms with Crippen molar-refractivity contribution < 1.29 is 0 Å². The lowest BCUT2D eigenvalue weighted by Crippen LogP contribution is -2.07. The predicted molar refractivity (Wildman–Crippen MR) is 61.7 cm³/mol. The van der Waals surface area contributed by atoms with Crippen LogP contribution in [0.4, 0.5) is 0 Å². The molecule has 2 aromatic heterocycles. The molecule has 0 saturated heterocycles. The van der Waals surface area contributed by atoms with Gasteiger partial charge in [-0.2, -0.15) is 0 Å². The molecule has 0 radical (unpaired) electrons. The van der Waals surface area contributed by atoms with Crippen LogP contribution in [-0.4, -0.2) is 14.5 Å². The van der Waals surface area contributed by atoms with Gasteiger partial charge in [-0.1, -0.05) is 0 Å². The Morgan fingerprint density at radius 2 is 2.27 bits per heavy atom. The Labute approximate surface area is 96.3 Å². The second-order valence-electron chi connectivity index (χ2n) is 3.18. The van der Waals surface area contributed by atoms with Crippen LogP contribution >= 0.6 is 15.9 Å². The Balaban J connectivity index is 2.58. The van der Waals surface area contributed by atoms with Crippen LogP contribution in [0.5, 0.6) is 0 Å². The Morgan fingerprint density at radius 1 is 1.47 bits per heavy atom. The van der Waals surface area contributed by atoms with Crippen LogP contribution < -0.4 is 5.73 Å². The van der Waals surface area contributed by atoms with Crippen LogP contribution in [0, 0.1) is 6.92 Å². The summed E-state index contributed by atoms with van der Waals surface area (Å²) in [5.41, 5.74) is 6.67. The van der Waals surface area contributed by atoms with Gasteiger partial charge in [0.15, 0.2) is 0 Å². The molecule has 0 spiro atoms. The van der Waals surface area contributed by atoms with E-state index in [9.17, 15) is 0 Å². The van der Waals surface area contributed by atoms with Crippen LogP contribution in [0.2, 0.25) is 0 Å². The van der Waals surface area contributed by atoms with Gasteiger partial charge in [-0.3, -0.25) is 4.57 Å². The lowest BCUT2D eigenvalue weighted by atomic mass is 10.2. The van der Waals surface area contributed by atoms with Gasteiger partial charge >= 0.3 is 0 Å². The molecular formula is C10H11BrN4. The minimum Gasteiger partial charge on any atom is -0.326 e. The smallest absolute Gasteiger partial charge is 0.142 e. The Hall–Kier alpha value is -1.20. The highest BCUT2D eigenvalue weighted by atomic mass is 79.9. The van der Waals surface area contributed by atoms with Gasteiger partial charge in [-0.15, -0.1) is 0 Å². The summed E-state index contributed by atoms with van der Waals surface area (Å²) in [6.45, 7) is 2.39. The van der Waals surface area contributed by atoms with Crippen molar-refractivity contribution in [2.75, 3.05) is 0 Å². The molecule has 0 aromatic carbocycles. The molecule has 0 aliphatic heterocycles. The van der Waals surface area contributed by atoms with E-state index < -0.39 is 0 Å². The van der Waals surface area contributed by atoms with Crippen LogP contribution in [0.3, 0.4) is 0 Å². The Morgan fingerprint density at radius 3 is 2.87 bits per heavy atom. The molecule has 0 bridgehead atoms. The second kappa shape index (κ2) is 4.12. The number of aromatic nitrogens is 3. The maximum atomic E-state index is 5.68. The first-order valence-electron chi connectivity index (χ1n) is 4.57. The number of aryl methyl sites for hydroxylation is 1. The number of pyridine rings is 1. The number of hydrogen-bond acceptors (Lipinski definition) is 3. The average molecular weight is 267 g/mol. The summed E-state index contributed by atoms with van der Waals surface area (Å²) >= 11 is 3.38. The van der Waals surface area contributed by atoms with Crippen molar-refractivity contribution in [3.8, 4) is 5.82 Å². The molecule has 0 atom stereocenters. The van der Waals surface area contributed by atoms with E-state index in [0.717, 1.165) is 21.7 Å². The van der Waals surface area contributed by atoms with Crippen molar-refractivity contribution >= 4 is 15.9 Å². The molecule has 0 saturated carbocycles. The summed E-state index contributed by atoms with van der Waals surface area (Å²) < 4.78 is 2.86. The minimum atomic E-state index is 0.458. The predicted octanol–water partition coefficient (Wildman–Crippen LogP) is 1.80. The largest absolute Gasteiger partial charge is 0.326 e. The fourth-order valence-electron chi connectivity index (χ4n) is 1.44. The first-order valence-corrected chi connectivity index (χ1v) is 5.36.